The summed E-state index contributed by atoms with van der Waals surface area (Å²) in [6, 6.07) is 11.7. The minimum atomic E-state index is -0.0711. The van der Waals surface area contributed by atoms with Crippen molar-refractivity contribution in [3.63, 3.8) is 0 Å². The molecule has 0 aliphatic heterocycles. The number of nitrogens with zero attached hydrogens (tertiary/aromatic N) is 2. The molecule has 5 heteroatoms. The summed E-state index contributed by atoms with van der Waals surface area (Å²) in [5.74, 6) is 0. The molecule has 0 saturated heterocycles. The molecule has 0 N–H and O–H groups in total. The molecular weight excluding hydrogens is 312 g/mol. The van der Waals surface area contributed by atoms with Crippen LogP contribution in [0.25, 0.3) is 11.0 Å². The fourth-order valence-corrected chi connectivity index (χ4v) is 3.34. The summed E-state index contributed by atoms with van der Waals surface area (Å²) in [7, 11) is 0. The van der Waals surface area contributed by atoms with Crippen LogP contribution in [0.1, 0.15) is 4.88 Å². The van der Waals surface area contributed by atoms with Crippen LogP contribution < -0.4 is 5.56 Å². The van der Waals surface area contributed by atoms with E-state index in [2.05, 4.69) is 20.9 Å². The Labute approximate surface area is 116 Å². The number of fused-ring (bicyclic) bond motifs is 1. The molecule has 3 rings (SSSR count). The lowest BCUT2D eigenvalue weighted by Gasteiger charge is -2.07. The first-order valence-electron chi connectivity index (χ1n) is 5.43. The molecule has 0 aliphatic carbocycles. The lowest BCUT2D eigenvalue weighted by atomic mass is 10.3. The van der Waals surface area contributed by atoms with Gasteiger partial charge in [-0.3, -0.25) is 4.79 Å². The molecule has 0 atom stereocenters. The van der Waals surface area contributed by atoms with E-state index in [0.717, 1.165) is 19.7 Å². The molecule has 0 fully saturated rings. The van der Waals surface area contributed by atoms with Crippen molar-refractivity contribution in [1.29, 1.82) is 0 Å². The largest absolute Gasteiger partial charge is 0.300 e. The molecule has 0 bridgehead atoms. The Hall–Kier alpha value is -1.46. The number of aromatic nitrogens is 2. The van der Waals surface area contributed by atoms with Gasteiger partial charge in [-0.1, -0.05) is 12.1 Å². The first-order chi connectivity index (χ1) is 8.74. The Kier molecular flexibility index (Phi) is 3.01. The number of benzene rings is 1. The Bertz CT molecular complexity index is 763. The number of hydrogen-bond acceptors (Lipinski definition) is 3. The zero-order valence-electron chi connectivity index (χ0n) is 9.34. The van der Waals surface area contributed by atoms with E-state index >= 15 is 0 Å². The first-order valence-corrected chi connectivity index (χ1v) is 7.04. The number of rotatable bonds is 2. The fourth-order valence-electron chi connectivity index (χ4n) is 1.87. The van der Waals surface area contributed by atoms with E-state index in [1.54, 1.807) is 15.9 Å². The number of thiophene rings is 1. The van der Waals surface area contributed by atoms with Crippen LogP contribution in [0.2, 0.25) is 0 Å². The number of halogens is 1. The highest BCUT2D eigenvalue weighted by molar-refractivity contribution is 9.11. The zero-order chi connectivity index (χ0) is 12.5. The maximum absolute atomic E-state index is 11.9. The Balaban J connectivity index is 2.16. The molecule has 3 aromatic rings. The third-order valence-corrected chi connectivity index (χ3v) is 4.30. The molecular formula is C13H9BrN2OS. The second-order valence-electron chi connectivity index (χ2n) is 3.88. The monoisotopic (exact) mass is 320 g/mol. The highest BCUT2D eigenvalue weighted by Crippen LogP contribution is 2.23. The molecule has 1 aromatic carbocycles. The van der Waals surface area contributed by atoms with Gasteiger partial charge in [0, 0.05) is 4.88 Å². The molecule has 2 heterocycles. The van der Waals surface area contributed by atoms with E-state index in [4.69, 9.17) is 0 Å². The van der Waals surface area contributed by atoms with Crippen LogP contribution in [0.15, 0.2) is 51.2 Å². The quantitative estimate of drug-likeness (QED) is 0.726. The second-order valence-corrected chi connectivity index (χ2v) is 6.42. The van der Waals surface area contributed by atoms with Crippen LogP contribution in [0, 0.1) is 0 Å². The molecule has 0 unspecified atom stereocenters. The van der Waals surface area contributed by atoms with Gasteiger partial charge in [-0.05, 0) is 40.2 Å². The van der Waals surface area contributed by atoms with Crippen molar-refractivity contribution in [2.24, 2.45) is 0 Å². The SMILES string of the molecule is O=c1cnc2ccccc2n1Cc1ccc(Br)s1. The maximum Gasteiger partial charge on any atom is 0.269 e. The number of hydrogen-bond donors (Lipinski definition) is 0. The van der Waals surface area contributed by atoms with E-state index in [-0.39, 0.29) is 5.56 Å². The van der Waals surface area contributed by atoms with Crippen molar-refractivity contribution in [3.05, 3.63) is 61.6 Å². The second kappa shape index (κ2) is 4.66. The molecule has 0 spiro atoms. The summed E-state index contributed by atoms with van der Waals surface area (Å²) >= 11 is 5.07. The van der Waals surface area contributed by atoms with Gasteiger partial charge < -0.3 is 4.57 Å². The van der Waals surface area contributed by atoms with E-state index in [9.17, 15) is 4.79 Å². The minimum absolute atomic E-state index is 0.0711. The smallest absolute Gasteiger partial charge is 0.269 e. The predicted molar refractivity (Wildman–Crippen MR) is 77.1 cm³/mol. The molecule has 0 saturated carbocycles. The van der Waals surface area contributed by atoms with E-state index in [1.165, 1.54) is 6.20 Å². The van der Waals surface area contributed by atoms with E-state index in [1.807, 2.05) is 36.4 Å². The summed E-state index contributed by atoms with van der Waals surface area (Å²) in [6.45, 7) is 0.581. The Morgan fingerprint density at radius 1 is 1.22 bits per heavy atom. The summed E-state index contributed by atoms with van der Waals surface area (Å²) in [5.41, 5.74) is 1.64. The third kappa shape index (κ3) is 2.11. The van der Waals surface area contributed by atoms with Crippen molar-refractivity contribution in [3.8, 4) is 0 Å². The van der Waals surface area contributed by atoms with Crippen molar-refractivity contribution in [2.45, 2.75) is 6.54 Å². The van der Waals surface area contributed by atoms with Crippen molar-refractivity contribution in [1.82, 2.24) is 9.55 Å². The van der Waals surface area contributed by atoms with Gasteiger partial charge in [-0.15, -0.1) is 11.3 Å². The van der Waals surface area contributed by atoms with Gasteiger partial charge in [-0.25, -0.2) is 4.98 Å². The van der Waals surface area contributed by atoms with E-state index in [0.29, 0.717) is 6.54 Å². The van der Waals surface area contributed by atoms with E-state index < -0.39 is 0 Å². The average Bonchev–Trinajstić information content (AvgIpc) is 2.79. The molecule has 2 aromatic heterocycles. The maximum atomic E-state index is 11.9. The standard InChI is InChI=1S/C13H9BrN2OS/c14-12-6-5-9(18-12)8-16-11-4-2-1-3-10(11)15-7-13(16)17/h1-7H,8H2. The van der Waals surface area contributed by atoms with Crippen LogP contribution in [0.4, 0.5) is 0 Å². The lowest BCUT2D eigenvalue weighted by Crippen LogP contribution is -2.20. The molecule has 0 aliphatic rings. The van der Waals surface area contributed by atoms with Crippen LogP contribution in [-0.4, -0.2) is 9.55 Å². The van der Waals surface area contributed by atoms with Crippen molar-refractivity contribution in [2.75, 3.05) is 0 Å². The molecule has 3 nitrogen and oxygen atoms in total. The molecule has 18 heavy (non-hydrogen) atoms. The first kappa shape index (κ1) is 11.6. The van der Waals surface area contributed by atoms with Crippen LogP contribution in [0.3, 0.4) is 0 Å². The molecule has 0 amide bonds. The normalized spacial score (nSPS) is 10.9. The Morgan fingerprint density at radius 3 is 2.83 bits per heavy atom. The summed E-state index contributed by atoms with van der Waals surface area (Å²) in [4.78, 5) is 17.2. The summed E-state index contributed by atoms with van der Waals surface area (Å²) in [5, 5.41) is 0. The van der Waals surface area contributed by atoms with Crippen LogP contribution in [-0.2, 0) is 6.54 Å². The van der Waals surface area contributed by atoms with Crippen LogP contribution >= 0.6 is 27.3 Å². The van der Waals surface area contributed by atoms with Gasteiger partial charge in [0.2, 0.25) is 0 Å². The Morgan fingerprint density at radius 2 is 2.06 bits per heavy atom. The van der Waals surface area contributed by atoms with Crippen molar-refractivity contribution < 1.29 is 0 Å². The van der Waals surface area contributed by atoms with Crippen LogP contribution in [0.5, 0.6) is 0 Å². The van der Waals surface area contributed by atoms with Gasteiger partial charge >= 0.3 is 0 Å². The fraction of sp³-hybridized carbons (Fsp3) is 0.0769. The van der Waals surface area contributed by atoms with Gasteiger partial charge in [0.05, 0.1) is 27.6 Å². The van der Waals surface area contributed by atoms with Gasteiger partial charge in [0.1, 0.15) is 0 Å². The molecule has 0 radical (unpaired) electrons. The van der Waals surface area contributed by atoms with Gasteiger partial charge in [0.25, 0.3) is 5.56 Å². The highest BCUT2D eigenvalue weighted by Gasteiger charge is 2.05. The lowest BCUT2D eigenvalue weighted by molar-refractivity contribution is 0.798. The predicted octanol–water partition coefficient (Wildman–Crippen LogP) is 3.27. The summed E-state index contributed by atoms with van der Waals surface area (Å²) in [6.07, 6.45) is 1.38. The average molecular weight is 321 g/mol. The minimum Gasteiger partial charge on any atom is -0.300 e. The highest BCUT2D eigenvalue weighted by atomic mass is 79.9. The zero-order valence-corrected chi connectivity index (χ0v) is 11.7. The van der Waals surface area contributed by atoms with Gasteiger partial charge in [0.15, 0.2) is 0 Å². The third-order valence-electron chi connectivity index (χ3n) is 2.70. The van der Waals surface area contributed by atoms with Crippen molar-refractivity contribution >= 4 is 38.3 Å². The molecule has 90 valence electrons. The summed E-state index contributed by atoms with van der Waals surface area (Å²) < 4.78 is 2.82. The van der Waals surface area contributed by atoms with Gasteiger partial charge in [-0.2, -0.15) is 0 Å². The topological polar surface area (TPSA) is 34.9 Å². The number of para-hydroxylation sites is 2.